The molecule has 3 aromatic rings. The molecule has 1 aliphatic carbocycles. The Labute approximate surface area is 154 Å². The van der Waals surface area contributed by atoms with Crippen LogP contribution in [0.15, 0.2) is 77.3 Å². The number of para-hydroxylation sites is 1. The van der Waals surface area contributed by atoms with Gasteiger partial charge in [0.05, 0.1) is 33.1 Å². The number of fused-ring (bicyclic) bond motifs is 2. The monoisotopic (exact) mass is 357 g/mol. The number of hydrogen-bond acceptors (Lipinski definition) is 4. The lowest BCUT2D eigenvalue weighted by Gasteiger charge is -2.26. The molecule has 1 atom stereocenters. The van der Waals surface area contributed by atoms with Gasteiger partial charge in [-0.2, -0.15) is 0 Å². The highest BCUT2D eigenvalue weighted by molar-refractivity contribution is 7.16. The third kappa shape index (κ3) is 2.40. The molecule has 5 heteroatoms. The van der Waals surface area contributed by atoms with Crippen molar-refractivity contribution in [3.63, 3.8) is 0 Å². The van der Waals surface area contributed by atoms with Gasteiger partial charge < -0.3 is 0 Å². The van der Waals surface area contributed by atoms with Crippen molar-refractivity contribution in [3.05, 3.63) is 77.8 Å². The minimum absolute atomic E-state index is 0.0327. The molecule has 1 aromatic heterocycles. The molecule has 0 radical (unpaired) electrons. The maximum absolute atomic E-state index is 13.2. The van der Waals surface area contributed by atoms with Gasteiger partial charge >= 0.3 is 0 Å². The van der Waals surface area contributed by atoms with Gasteiger partial charge in [-0.05, 0) is 30.7 Å². The molecule has 5 rings (SSSR count). The largest absolute Gasteiger partial charge is 0.299 e. The highest BCUT2D eigenvalue weighted by Gasteiger charge is 2.37. The van der Waals surface area contributed by atoms with E-state index >= 15 is 0 Å². The summed E-state index contributed by atoms with van der Waals surface area (Å²) < 4.78 is 1.07. The van der Waals surface area contributed by atoms with Gasteiger partial charge in [0.25, 0.3) is 5.91 Å². The van der Waals surface area contributed by atoms with Crippen LogP contribution in [0.5, 0.6) is 0 Å². The average molecular weight is 357 g/mol. The lowest BCUT2D eigenvalue weighted by atomic mass is 10.1. The number of carbonyl (C=O) groups excluding carboxylic acids is 1. The second-order valence-corrected chi connectivity index (χ2v) is 7.16. The zero-order valence-electron chi connectivity index (χ0n) is 13.9. The Morgan fingerprint density at radius 2 is 2.08 bits per heavy atom. The van der Waals surface area contributed by atoms with E-state index in [1.165, 1.54) is 0 Å². The second kappa shape index (κ2) is 6.04. The Balaban J connectivity index is 1.61. The van der Waals surface area contributed by atoms with Crippen molar-refractivity contribution >= 4 is 44.5 Å². The van der Waals surface area contributed by atoms with Gasteiger partial charge in [-0.3, -0.25) is 9.69 Å². The summed E-state index contributed by atoms with van der Waals surface area (Å²) in [5, 5.41) is 0. The zero-order chi connectivity index (χ0) is 17.5. The number of benzene rings is 2. The number of aromatic nitrogens is 1. The van der Waals surface area contributed by atoms with Crippen LogP contribution in [0.4, 0.5) is 11.4 Å². The van der Waals surface area contributed by atoms with Crippen LogP contribution in [0.3, 0.4) is 0 Å². The molecule has 0 spiro atoms. The van der Waals surface area contributed by atoms with Crippen LogP contribution in [0.2, 0.25) is 0 Å². The molecular formula is C21H15N3OS. The number of nitrogens with zero attached hydrogens (tertiary/aromatic N) is 3. The molecule has 1 unspecified atom stereocenters. The summed E-state index contributed by atoms with van der Waals surface area (Å²) >= 11 is 1.58. The van der Waals surface area contributed by atoms with E-state index in [4.69, 9.17) is 4.99 Å². The van der Waals surface area contributed by atoms with Crippen LogP contribution in [0, 0.1) is 0 Å². The van der Waals surface area contributed by atoms with Gasteiger partial charge in [0, 0.05) is 5.56 Å². The van der Waals surface area contributed by atoms with Crippen LogP contribution in [-0.4, -0.2) is 22.6 Å². The quantitative estimate of drug-likeness (QED) is 0.670. The van der Waals surface area contributed by atoms with E-state index in [2.05, 4.69) is 17.1 Å². The van der Waals surface area contributed by atoms with Gasteiger partial charge in [-0.25, -0.2) is 9.98 Å². The maximum atomic E-state index is 13.2. The van der Waals surface area contributed by atoms with E-state index in [-0.39, 0.29) is 11.9 Å². The van der Waals surface area contributed by atoms with Crippen molar-refractivity contribution in [1.82, 2.24) is 4.98 Å². The Bertz CT molecular complexity index is 1110. The predicted molar refractivity (Wildman–Crippen MR) is 106 cm³/mol. The summed E-state index contributed by atoms with van der Waals surface area (Å²) in [6.45, 7) is 0. The first-order chi connectivity index (χ1) is 12.8. The van der Waals surface area contributed by atoms with Crippen molar-refractivity contribution in [2.75, 3.05) is 4.90 Å². The fourth-order valence-electron chi connectivity index (χ4n) is 3.46. The first kappa shape index (κ1) is 15.2. The molecule has 0 N–H and O–H groups in total. The smallest absolute Gasteiger partial charge is 0.278 e. The molecule has 126 valence electrons. The van der Waals surface area contributed by atoms with Crippen LogP contribution in [0.1, 0.15) is 12.0 Å². The molecule has 0 fully saturated rings. The maximum Gasteiger partial charge on any atom is 0.278 e. The molecule has 1 aliphatic heterocycles. The first-order valence-corrected chi connectivity index (χ1v) is 9.37. The number of hydrogen-bond donors (Lipinski definition) is 0. The fourth-order valence-corrected chi connectivity index (χ4v) is 4.17. The minimum atomic E-state index is -0.0412. The average Bonchev–Trinajstić information content (AvgIpc) is 3.25. The SMILES string of the molecule is O=C1C(=Nc2ccc3ncsc3c2)c2ccccc2N1C1C=CC=CC1. The fraction of sp³-hybridized carbons (Fsp3) is 0.0952. The van der Waals surface area contributed by atoms with Crippen molar-refractivity contribution in [2.24, 2.45) is 4.99 Å². The lowest BCUT2D eigenvalue weighted by molar-refractivity contribution is -0.112. The Morgan fingerprint density at radius 3 is 2.96 bits per heavy atom. The van der Waals surface area contributed by atoms with Gasteiger partial charge in [0.15, 0.2) is 0 Å². The lowest BCUT2D eigenvalue weighted by Crippen LogP contribution is -2.38. The number of allylic oxidation sites excluding steroid dienone is 2. The molecule has 0 saturated carbocycles. The van der Waals surface area contributed by atoms with Gasteiger partial charge in [0.2, 0.25) is 0 Å². The molecule has 0 bridgehead atoms. The van der Waals surface area contributed by atoms with Crippen molar-refractivity contribution in [3.8, 4) is 0 Å². The summed E-state index contributed by atoms with van der Waals surface area (Å²) in [7, 11) is 0. The number of carbonyl (C=O) groups is 1. The van der Waals surface area contributed by atoms with Crippen LogP contribution in [-0.2, 0) is 4.79 Å². The molecular weight excluding hydrogens is 342 g/mol. The summed E-state index contributed by atoms with van der Waals surface area (Å²) in [5.41, 5.74) is 5.89. The summed E-state index contributed by atoms with van der Waals surface area (Å²) in [6.07, 6.45) is 8.99. The molecule has 2 aromatic carbocycles. The minimum Gasteiger partial charge on any atom is -0.299 e. The van der Waals surface area contributed by atoms with E-state index in [1.807, 2.05) is 65.0 Å². The van der Waals surface area contributed by atoms with Gasteiger partial charge in [-0.1, -0.05) is 42.5 Å². The number of thiazole rings is 1. The third-order valence-corrected chi connectivity index (χ3v) is 5.48. The Kier molecular flexibility index (Phi) is 3.53. The standard InChI is InChI=1S/C21H15N3OS/c25-21-20(23-14-10-11-17-19(12-14)26-13-22-17)16-8-4-5-9-18(16)24(21)15-6-2-1-3-7-15/h1-6,8-13,15H,7H2. The van der Waals surface area contributed by atoms with Crippen LogP contribution < -0.4 is 4.90 Å². The van der Waals surface area contributed by atoms with E-state index < -0.39 is 0 Å². The van der Waals surface area contributed by atoms with E-state index in [9.17, 15) is 4.79 Å². The molecule has 26 heavy (non-hydrogen) atoms. The Hall–Kier alpha value is -3.05. The molecule has 0 saturated heterocycles. The number of anilines is 1. The molecule has 1 amide bonds. The Morgan fingerprint density at radius 1 is 1.15 bits per heavy atom. The number of aliphatic imine (C=N–C) groups is 1. The van der Waals surface area contributed by atoms with Gasteiger partial charge in [0.1, 0.15) is 5.71 Å². The van der Waals surface area contributed by atoms with Gasteiger partial charge in [-0.15, -0.1) is 11.3 Å². The predicted octanol–water partition coefficient (Wildman–Crippen LogP) is 4.65. The second-order valence-electron chi connectivity index (χ2n) is 6.27. The highest BCUT2D eigenvalue weighted by atomic mass is 32.1. The van der Waals surface area contributed by atoms with Crippen molar-refractivity contribution in [2.45, 2.75) is 12.5 Å². The van der Waals surface area contributed by atoms with E-state index in [0.29, 0.717) is 5.71 Å². The molecule has 4 nitrogen and oxygen atoms in total. The first-order valence-electron chi connectivity index (χ1n) is 8.49. The highest BCUT2D eigenvalue weighted by Crippen LogP contribution is 2.34. The topological polar surface area (TPSA) is 45.6 Å². The zero-order valence-corrected chi connectivity index (χ0v) is 14.7. The van der Waals surface area contributed by atoms with Crippen LogP contribution in [0.25, 0.3) is 10.2 Å². The molecule has 2 heterocycles. The summed E-state index contributed by atoms with van der Waals surface area (Å²) in [6, 6.07) is 13.8. The van der Waals surface area contributed by atoms with Crippen molar-refractivity contribution < 1.29 is 4.79 Å². The van der Waals surface area contributed by atoms with E-state index in [1.54, 1.807) is 11.3 Å². The normalized spacial score (nSPS) is 20.3. The van der Waals surface area contributed by atoms with E-state index in [0.717, 1.165) is 33.6 Å². The third-order valence-electron chi connectivity index (χ3n) is 4.69. The number of rotatable bonds is 2. The van der Waals surface area contributed by atoms with Crippen LogP contribution >= 0.6 is 11.3 Å². The summed E-state index contributed by atoms with van der Waals surface area (Å²) in [5.74, 6) is -0.0412. The van der Waals surface area contributed by atoms with Crippen molar-refractivity contribution in [1.29, 1.82) is 0 Å². The number of amides is 1. The summed E-state index contributed by atoms with van der Waals surface area (Å²) in [4.78, 5) is 24.1. The molecule has 2 aliphatic rings.